The van der Waals surface area contributed by atoms with Crippen LogP contribution in [0.3, 0.4) is 0 Å². The van der Waals surface area contributed by atoms with Gasteiger partial charge >= 0.3 is 0 Å². The van der Waals surface area contributed by atoms with E-state index >= 15 is 0 Å². The highest BCUT2D eigenvalue weighted by Crippen LogP contribution is 2.26. The zero-order chi connectivity index (χ0) is 17.7. The molecular weight excluding hydrogens is 328 g/mol. The number of hydrogen-bond acceptors (Lipinski definition) is 3. The molecule has 0 fully saturated rings. The first-order valence-electron chi connectivity index (χ1n) is 7.74. The normalized spacial score (nSPS) is 10.7. The maximum absolute atomic E-state index is 12.0. The van der Waals surface area contributed by atoms with Gasteiger partial charge in [0, 0.05) is 37.0 Å². The number of aromatic nitrogens is 2. The van der Waals surface area contributed by atoms with E-state index in [2.05, 4.69) is 15.7 Å². The summed E-state index contributed by atoms with van der Waals surface area (Å²) in [7, 11) is 1.84. The van der Waals surface area contributed by atoms with E-state index < -0.39 is 0 Å². The predicted molar refractivity (Wildman–Crippen MR) is 95.1 cm³/mol. The number of amides is 2. The van der Waals surface area contributed by atoms with E-state index in [9.17, 15) is 9.59 Å². The Labute approximate surface area is 146 Å². The predicted octanol–water partition coefficient (Wildman–Crippen LogP) is 3.24. The Morgan fingerprint density at radius 2 is 2.00 bits per heavy atom. The van der Waals surface area contributed by atoms with Crippen LogP contribution in [0.15, 0.2) is 30.5 Å². The molecule has 0 spiro atoms. The lowest BCUT2D eigenvalue weighted by atomic mass is 10.2. The first-order chi connectivity index (χ1) is 11.4. The van der Waals surface area contributed by atoms with E-state index in [0.29, 0.717) is 29.2 Å². The van der Waals surface area contributed by atoms with Crippen LogP contribution in [0.1, 0.15) is 26.0 Å². The molecule has 6 nitrogen and oxygen atoms in total. The molecule has 24 heavy (non-hydrogen) atoms. The number of carbonyl (C=O) groups excluding carboxylic acids is 2. The Kier molecular flexibility index (Phi) is 5.98. The summed E-state index contributed by atoms with van der Waals surface area (Å²) in [6.07, 6.45) is 2.67. The number of anilines is 2. The molecule has 1 aromatic heterocycles. The van der Waals surface area contributed by atoms with Gasteiger partial charge in [0.2, 0.25) is 11.8 Å². The highest BCUT2D eigenvalue weighted by Gasteiger charge is 2.11. The van der Waals surface area contributed by atoms with Crippen molar-refractivity contribution < 1.29 is 9.59 Å². The van der Waals surface area contributed by atoms with Gasteiger partial charge in [-0.05, 0) is 30.7 Å². The fourth-order valence-electron chi connectivity index (χ4n) is 2.08. The smallest absolute Gasteiger partial charge is 0.226 e. The van der Waals surface area contributed by atoms with Crippen LogP contribution in [-0.4, -0.2) is 21.6 Å². The molecule has 128 valence electrons. The van der Waals surface area contributed by atoms with E-state index in [0.717, 1.165) is 5.69 Å². The quantitative estimate of drug-likeness (QED) is 0.841. The molecule has 2 rings (SSSR count). The van der Waals surface area contributed by atoms with Crippen LogP contribution in [0.4, 0.5) is 11.4 Å². The fourth-order valence-corrected chi connectivity index (χ4v) is 2.31. The van der Waals surface area contributed by atoms with Crippen LogP contribution >= 0.6 is 11.6 Å². The average Bonchev–Trinajstić information content (AvgIpc) is 2.93. The van der Waals surface area contributed by atoms with Gasteiger partial charge in [0.15, 0.2) is 0 Å². The molecule has 0 aliphatic rings. The lowest BCUT2D eigenvalue weighted by molar-refractivity contribution is -0.119. The second kappa shape index (κ2) is 7.97. The molecule has 2 N–H and O–H groups in total. The minimum absolute atomic E-state index is 0.105. The molecule has 1 heterocycles. The third-order valence-electron chi connectivity index (χ3n) is 3.57. The maximum Gasteiger partial charge on any atom is 0.226 e. The Morgan fingerprint density at radius 3 is 2.58 bits per heavy atom. The monoisotopic (exact) mass is 348 g/mol. The topological polar surface area (TPSA) is 76.0 Å². The third kappa shape index (κ3) is 4.83. The highest BCUT2D eigenvalue weighted by atomic mass is 35.5. The van der Waals surface area contributed by atoms with Gasteiger partial charge in [0.25, 0.3) is 0 Å². The minimum atomic E-state index is -0.132. The zero-order valence-electron chi connectivity index (χ0n) is 14.0. The molecule has 0 saturated heterocycles. The molecular formula is C17H21ClN4O2. The van der Waals surface area contributed by atoms with Crippen molar-refractivity contribution in [1.29, 1.82) is 0 Å². The number of aryl methyl sites for hydroxylation is 2. The Morgan fingerprint density at radius 1 is 1.25 bits per heavy atom. The summed E-state index contributed by atoms with van der Waals surface area (Å²) in [6.45, 7) is 3.61. The Hall–Kier alpha value is -2.34. The van der Waals surface area contributed by atoms with E-state index in [4.69, 9.17) is 11.6 Å². The van der Waals surface area contributed by atoms with Crippen LogP contribution in [0.5, 0.6) is 0 Å². The maximum atomic E-state index is 12.0. The van der Waals surface area contributed by atoms with Crippen molar-refractivity contribution in [3.63, 3.8) is 0 Å². The standard InChI is InChI=1S/C17H21ClN4O2/c1-11(2)17(24)21-15-6-4-12(10-14(15)18)20-16(23)7-5-13-8-9-19-22(13)3/h4,6,8-11H,5,7H2,1-3H3,(H,20,23)(H,21,24). The summed E-state index contributed by atoms with van der Waals surface area (Å²) < 4.78 is 1.75. The van der Waals surface area contributed by atoms with Crippen molar-refractivity contribution in [2.75, 3.05) is 10.6 Å². The van der Waals surface area contributed by atoms with Crippen LogP contribution in [0, 0.1) is 5.92 Å². The second-order valence-electron chi connectivity index (χ2n) is 5.83. The number of halogens is 1. The molecule has 0 atom stereocenters. The lowest BCUT2D eigenvalue weighted by Crippen LogP contribution is -2.18. The first-order valence-corrected chi connectivity index (χ1v) is 8.11. The SMILES string of the molecule is CC(C)C(=O)Nc1ccc(NC(=O)CCc2ccnn2C)cc1Cl. The van der Waals surface area contributed by atoms with Gasteiger partial charge in [-0.3, -0.25) is 14.3 Å². The fraction of sp³-hybridized carbons (Fsp3) is 0.353. The molecule has 0 radical (unpaired) electrons. The highest BCUT2D eigenvalue weighted by molar-refractivity contribution is 6.34. The molecule has 1 aromatic carbocycles. The summed E-state index contributed by atoms with van der Waals surface area (Å²) in [5.41, 5.74) is 2.12. The van der Waals surface area contributed by atoms with Gasteiger partial charge in [0.05, 0.1) is 10.7 Å². The molecule has 2 amide bonds. The van der Waals surface area contributed by atoms with Crippen molar-refractivity contribution >= 4 is 34.8 Å². The van der Waals surface area contributed by atoms with E-state index in [1.54, 1.807) is 42.9 Å². The van der Waals surface area contributed by atoms with Gasteiger partial charge in [-0.1, -0.05) is 25.4 Å². The Bertz CT molecular complexity index is 740. The van der Waals surface area contributed by atoms with Crippen molar-refractivity contribution in [1.82, 2.24) is 9.78 Å². The molecule has 2 aromatic rings. The van der Waals surface area contributed by atoms with Gasteiger partial charge in [0.1, 0.15) is 0 Å². The minimum Gasteiger partial charge on any atom is -0.326 e. The first kappa shape index (κ1) is 18.0. The van der Waals surface area contributed by atoms with Crippen molar-refractivity contribution in [3.8, 4) is 0 Å². The van der Waals surface area contributed by atoms with Crippen LogP contribution in [0.2, 0.25) is 5.02 Å². The number of carbonyl (C=O) groups is 2. The molecule has 7 heteroatoms. The van der Waals surface area contributed by atoms with E-state index in [-0.39, 0.29) is 17.7 Å². The third-order valence-corrected chi connectivity index (χ3v) is 3.88. The molecule has 0 aliphatic carbocycles. The number of benzene rings is 1. The summed E-state index contributed by atoms with van der Waals surface area (Å²) in [4.78, 5) is 23.7. The van der Waals surface area contributed by atoms with Gasteiger partial charge in [-0.2, -0.15) is 5.10 Å². The summed E-state index contributed by atoms with van der Waals surface area (Å²) in [6, 6.07) is 6.90. The molecule has 0 unspecified atom stereocenters. The summed E-state index contributed by atoms with van der Waals surface area (Å²) in [5.74, 6) is -0.344. The number of hydrogen-bond donors (Lipinski definition) is 2. The van der Waals surface area contributed by atoms with Crippen molar-refractivity contribution in [2.45, 2.75) is 26.7 Å². The van der Waals surface area contributed by atoms with E-state index in [1.807, 2.05) is 13.1 Å². The number of rotatable bonds is 6. The van der Waals surface area contributed by atoms with Gasteiger partial charge in [-0.25, -0.2) is 0 Å². The summed E-state index contributed by atoms with van der Waals surface area (Å²) >= 11 is 6.16. The number of nitrogens with zero attached hydrogens (tertiary/aromatic N) is 2. The Balaban J connectivity index is 1.93. The van der Waals surface area contributed by atoms with Crippen molar-refractivity contribution in [2.24, 2.45) is 13.0 Å². The van der Waals surface area contributed by atoms with Gasteiger partial charge < -0.3 is 10.6 Å². The van der Waals surface area contributed by atoms with Gasteiger partial charge in [-0.15, -0.1) is 0 Å². The lowest BCUT2D eigenvalue weighted by Gasteiger charge is -2.11. The van der Waals surface area contributed by atoms with Crippen LogP contribution in [-0.2, 0) is 23.1 Å². The van der Waals surface area contributed by atoms with E-state index in [1.165, 1.54) is 0 Å². The molecule has 0 aliphatic heterocycles. The van der Waals surface area contributed by atoms with Crippen molar-refractivity contribution in [3.05, 3.63) is 41.2 Å². The largest absolute Gasteiger partial charge is 0.326 e. The molecule has 0 saturated carbocycles. The zero-order valence-corrected chi connectivity index (χ0v) is 14.7. The second-order valence-corrected chi connectivity index (χ2v) is 6.24. The number of nitrogens with one attached hydrogen (secondary N) is 2. The molecule has 0 bridgehead atoms. The average molecular weight is 349 g/mol. The summed E-state index contributed by atoms with van der Waals surface area (Å²) in [5, 5.41) is 10.0. The van der Waals surface area contributed by atoms with Crippen LogP contribution in [0.25, 0.3) is 0 Å². The van der Waals surface area contributed by atoms with Crippen LogP contribution < -0.4 is 10.6 Å².